The molecule has 5 aliphatic carbocycles. The summed E-state index contributed by atoms with van der Waals surface area (Å²) < 4.78 is 36.1. The van der Waals surface area contributed by atoms with Crippen LogP contribution in [0, 0.1) is 45.8 Å². The lowest BCUT2D eigenvalue weighted by Gasteiger charge is -2.60. The van der Waals surface area contributed by atoms with E-state index in [0.29, 0.717) is 30.6 Å². The Morgan fingerprint density at radius 1 is 0.810 bits per heavy atom. The number of hydrogen-bond acceptors (Lipinski definition) is 16. The van der Waals surface area contributed by atoms with E-state index in [1.54, 1.807) is 6.92 Å². The molecule has 3 aliphatic heterocycles. The van der Waals surface area contributed by atoms with Crippen molar-refractivity contribution in [2.75, 3.05) is 13.2 Å². The van der Waals surface area contributed by atoms with Crippen LogP contribution in [0.2, 0.25) is 0 Å². The molecule has 3 heterocycles. The van der Waals surface area contributed by atoms with E-state index in [-0.39, 0.29) is 29.8 Å². The van der Waals surface area contributed by atoms with Crippen LogP contribution in [0.5, 0.6) is 0 Å². The van der Waals surface area contributed by atoms with Gasteiger partial charge >= 0.3 is 11.9 Å². The largest absolute Gasteiger partial charge is 0.462 e. The predicted octanol–water partition coefficient (Wildman–Crippen LogP) is 0.209. The highest BCUT2D eigenvalue weighted by Gasteiger charge is 2.68. The van der Waals surface area contributed by atoms with E-state index in [2.05, 4.69) is 19.9 Å². The van der Waals surface area contributed by atoms with E-state index in [0.717, 1.165) is 44.1 Å². The van der Waals surface area contributed by atoms with Crippen LogP contribution >= 0.6 is 0 Å². The third-order valence-electron chi connectivity index (χ3n) is 17.0. The minimum absolute atomic E-state index is 0.0137. The van der Waals surface area contributed by atoms with Crippen LogP contribution < -0.4 is 0 Å². The lowest BCUT2D eigenvalue weighted by molar-refractivity contribution is -0.372. The number of allylic oxidation sites excluding steroid dienone is 1. The first kappa shape index (κ1) is 42.9. The molecule has 0 radical (unpaired) electrons. The van der Waals surface area contributed by atoms with E-state index >= 15 is 0 Å². The number of ether oxygens (including phenoxy) is 6. The molecular formula is C42H64O16. The maximum atomic E-state index is 12.9. The summed E-state index contributed by atoms with van der Waals surface area (Å²) in [6, 6.07) is 0. The Kier molecular flexibility index (Phi) is 11.3. The molecule has 0 aromatic heterocycles. The van der Waals surface area contributed by atoms with Gasteiger partial charge in [-0.15, -0.1) is 0 Å². The van der Waals surface area contributed by atoms with Crippen molar-refractivity contribution in [3.8, 4) is 0 Å². The minimum atomic E-state index is -1.80. The number of esters is 2. The molecule has 16 heteroatoms. The monoisotopic (exact) mass is 824 g/mol. The van der Waals surface area contributed by atoms with Crippen LogP contribution in [-0.4, -0.2) is 151 Å². The molecule has 22 unspecified atom stereocenters. The Labute approximate surface area is 338 Å². The molecule has 22 atom stereocenters. The Balaban J connectivity index is 1.03. The SMILES string of the molecule is CC(=O)OC1CC(OC2OC(CO)C(O)C(O)C2OC2OC(CO)C(O)C(O)C2O)CC2=CCC3C4CCC(C5CC6(C)CC5OC(=O)C6(C)O)C4(C)CCC3C21C. The summed E-state index contributed by atoms with van der Waals surface area (Å²) in [5.74, 6) is 0.525. The number of aliphatic hydroxyl groups is 8. The van der Waals surface area contributed by atoms with Crippen molar-refractivity contribution in [1.29, 1.82) is 0 Å². The summed E-state index contributed by atoms with van der Waals surface area (Å²) in [6.07, 6.45) is -7.95. The van der Waals surface area contributed by atoms with Crippen molar-refractivity contribution in [3.63, 3.8) is 0 Å². The Bertz CT molecular complexity index is 1600. The maximum Gasteiger partial charge on any atom is 0.338 e. The van der Waals surface area contributed by atoms with Crippen LogP contribution in [0.4, 0.5) is 0 Å². The standard InChI is InChI=1S/C42H64O16/c1-18(45)53-29-13-20(54-37-35(33(49)31(47)28(17-44)56-37)58-36-34(50)32(48)30(46)27(16-43)55-36)12-19-6-7-21-23-8-9-24(40(23,3)11-10-25(21)41(19,29)4)22-14-39(2)15-26(22)57-38(51)42(39,5)52/h6,20-37,43-44,46-50,52H,7-17H2,1-5H3. The first-order chi connectivity index (χ1) is 27.3. The zero-order valence-corrected chi connectivity index (χ0v) is 34.1. The van der Waals surface area contributed by atoms with Gasteiger partial charge < -0.3 is 69.3 Å². The molecule has 0 aromatic carbocycles. The van der Waals surface area contributed by atoms with E-state index in [4.69, 9.17) is 28.4 Å². The summed E-state index contributed by atoms with van der Waals surface area (Å²) in [4.78, 5) is 25.7. The van der Waals surface area contributed by atoms with E-state index in [1.807, 2.05) is 6.92 Å². The van der Waals surface area contributed by atoms with Gasteiger partial charge in [0.2, 0.25) is 0 Å². The maximum absolute atomic E-state index is 12.9. The van der Waals surface area contributed by atoms with Crippen molar-refractivity contribution in [2.45, 2.75) is 178 Å². The Hall–Kier alpha value is -1.80. The van der Waals surface area contributed by atoms with E-state index in [9.17, 15) is 50.4 Å². The summed E-state index contributed by atoms with van der Waals surface area (Å²) in [5.41, 5.74) is -1.45. The van der Waals surface area contributed by atoms with Gasteiger partial charge in [-0.2, -0.15) is 0 Å². The van der Waals surface area contributed by atoms with Gasteiger partial charge in [0.1, 0.15) is 61.0 Å². The predicted molar refractivity (Wildman–Crippen MR) is 199 cm³/mol. The second-order valence-electron chi connectivity index (χ2n) is 19.8. The van der Waals surface area contributed by atoms with Gasteiger partial charge in [0.25, 0.3) is 0 Å². The van der Waals surface area contributed by atoms with Crippen molar-refractivity contribution in [3.05, 3.63) is 11.6 Å². The third-order valence-corrected chi connectivity index (χ3v) is 17.0. The lowest BCUT2D eigenvalue weighted by atomic mass is 9.46. The second kappa shape index (κ2) is 15.2. The zero-order chi connectivity index (χ0) is 41.9. The lowest BCUT2D eigenvalue weighted by Crippen LogP contribution is -2.65. The molecule has 0 amide bonds. The highest BCUT2D eigenvalue weighted by atomic mass is 16.8. The average Bonchev–Trinajstić information content (AvgIpc) is 3.68. The summed E-state index contributed by atoms with van der Waals surface area (Å²) in [6.45, 7) is 8.26. The molecule has 328 valence electrons. The highest BCUT2D eigenvalue weighted by molar-refractivity contribution is 5.81. The number of rotatable bonds is 8. The highest BCUT2D eigenvalue weighted by Crippen LogP contribution is 2.70. The number of carbonyl (C=O) groups is 2. The van der Waals surface area contributed by atoms with E-state index < -0.39 is 115 Å². The van der Waals surface area contributed by atoms with Gasteiger partial charge in [0.05, 0.1) is 19.3 Å². The van der Waals surface area contributed by atoms with Gasteiger partial charge in [-0.05, 0) is 93.3 Å². The molecule has 0 aromatic rings. The molecule has 4 saturated carbocycles. The van der Waals surface area contributed by atoms with Crippen LogP contribution in [0.3, 0.4) is 0 Å². The molecule has 8 N–H and O–H groups in total. The van der Waals surface area contributed by atoms with Crippen LogP contribution in [-0.2, 0) is 38.0 Å². The Morgan fingerprint density at radius 2 is 1.45 bits per heavy atom. The zero-order valence-electron chi connectivity index (χ0n) is 34.1. The van der Waals surface area contributed by atoms with E-state index in [1.165, 1.54) is 6.92 Å². The van der Waals surface area contributed by atoms with Gasteiger partial charge in [0.15, 0.2) is 18.2 Å². The van der Waals surface area contributed by atoms with Crippen molar-refractivity contribution in [2.24, 2.45) is 45.8 Å². The molecule has 8 rings (SSSR count). The van der Waals surface area contributed by atoms with Gasteiger partial charge in [-0.3, -0.25) is 4.79 Å². The van der Waals surface area contributed by atoms with Crippen molar-refractivity contribution >= 4 is 11.9 Å². The van der Waals surface area contributed by atoms with Gasteiger partial charge in [0, 0.05) is 24.2 Å². The van der Waals surface area contributed by atoms with Crippen LogP contribution in [0.25, 0.3) is 0 Å². The smallest absolute Gasteiger partial charge is 0.338 e. The molecule has 3 saturated heterocycles. The Morgan fingerprint density at radius 3 is 2.10 bits per heavy atom. The average molecular weight is 825 g/mol. The summed E-state index contributed by atoms with van der Waals surface area (Å²) >= 11 is 0. The molecule has 7 fully saturated rings. The summed E-state index contributed by atoms with van der Waals surface area (Å²) in [7, 11) is 0. The minimum Gasteiger partial charge on any atom is -0.462 e. The van der Waals surface area contributed by atoms with Gasteiger partial charge in [-0.25, -0.2) is 4.79 Å². The molecular weight excluding hydrogens is 760 g/mol. The number of fused-ring (bicyclic) bond motifs is 7. The van der Waals surface area contributed by atoms with Crippen molar-refractivity contribution in [1.82, 2.24) is 0 Å². The fourth-order valence-electron chi connectivity index (χ4n) is 13.5. The van der Waals surface area contributed by atoms with Gasteiger partial charge in [-0.1, -0.05) is 32.4 Å². The number of aliphatic hydroxyl groups excluding tert-OH is 7. The first-order valence-electron chi connectivity index (χ1n) is 21.3. The van der Waals surface area contributed by atoms with Crippen LogP contribution in [0.15, 0.2) is 11.6 Å². The number of hydrogen-bond donors (Lipinski definition) is 8. The molecule has 0 spiro atoms. The topological polar surface area (TPSA) is 251 Å². The molecule has 16 nitrogen and oxygen atoms in total. The number of carbonyl (C=O) groups excluding carboxylic acids is 2. The second-order valence-corrected chi connectivity index (χ2v) is 19.8. The molecule has 8 aliphatic rings. The van der Waals surface area contributed by atoms with Crippen LogP contribution in [0.1, 0.15) is 92.4 Å². The first-order valence-corrected chi connectivity index (χ1v) is 21.3. The quantitative estimate of drug-likeness (QED) is 0.120. The van der Waals surface area contributed by atoms with Crippen molar-refractivity contribution < 1.29 is 78.9 Å². The molecule has 58 heavy (non-hydrogen) atoms. The third kappa shape index (κ3) is 6.54. The fourth-order valence-corrected chi connectivity index (χ4v) is 13.5. The molecule has 2 bridgehead atoms. The normalized spacial score (nSPS) is 55.1. The summed E-state index contributed by atoms with van der Waals surface area (Å²) in [5, 5.41) is 84.3. The fraction of sp³-hybridized carbons (Fsp3) is 0.905.